The molecule has 128 valence electrons. The van der Waals surface area contributed by atoms with Crippen LogP contribution >= 0.6 is 0 Å². The second-order valence-corrected chi connectivity index (χ2v) is 7.55. The predicted octanol–water partition coefficient (Wildman–Crippen LogP) is 0.333. The van der Waals surface area contributed by atoms with Gasteiger partial charge in [-0.2, -0.15) is 5.10 Å². The lowest BCUT2D eigenvalue weighted by Crippen LogP contribution is -2.34. The minimum Gasteiger partial charge on any atom is -0.337 e. The van der Waals surface area contributed by atoms with Gasteiger partial charge in [0.2, 0.25) is 10.0 Å². The van der Waals surface area contributed by atoms with E-state index in [4.69, 9.17) is 5.14 Å². The SMILES string of the molecule is CCc1c(C(=O)N2CCC(S(N)(=O)=O)C2)cnn1-c1ccccn1. The predicted molar refractivity (Wildman–Crippen MR) is 88.2 cm³/mol. The van der Waals surface area contributed by atoms with Crippen molar-refractivity contribution in [1.29, 1.82) is 0 Å². The maximum Gasteiger partial charge on any atom is 0.257 e. The molecule has 0 aromatic carbocycles. The molecule has 0 saturated carbocycles. The van der Waals surface area contributed by atoms with Crippen molar-refractivity contribution >= 4 is 15.9 Å². The van der Waals surface area contributed by atoms with Crippen LogP contribution in [0.15, 0.2) is 30.6 Å². The smallest absolute Gasteiger partial charge is 0.257 e. The molecular weight excluding hydrogens is 330 g/mol. The van der Waals surface area contributed by atoms with Crippen molar-refractivity contribution in [3.63, 3.8) is 0 Å². The summed E-state index contributed by atoms with van der Waals surface area (Å²) in [4.78, 5) is 18.5. The van der Waals surface area contributed by atoms with E-state index < -0.39 is 15.3 Å². The Morgan fingerprint density at radius 2 is 2.21 bits per heavy atom. The summed E-state index contributed by atoms with van der Waals surface area (Å²) in [5, 5.41) is 8.77. The number of hydrogen-bond acceptors (Lipinski definition) is 5. The van der Waals surface area contributed by atoms with Crippen LogP contribution in [0.2, 0.25) is 0 Å². The van der Waals surface area contributed by atoms with Crippen molar-refractivity contribution in [2.45, 2.75) is 25.0 Å². The van der Waals surface area contributed by atoms with E-state index in [0.29, 0.717) is 30.8 Å². The van der Waals surface area contributed by atoms with E-state index in [2.05, 4.69) is 10.1 Å². The van der Waals surface area contributed by atoms with Crippen LogP contribution < -0.4 is 5.14 Å². The number of aromatic nitrogens is 3. The van der Waals surface area contributed by atoms with Gasteiger partial charge in [0.25, 0.3) is 5.91 Å². The van der Waals surface area contributed by atoms with Crippen LogP contribution in [0, 0.1) is 0 Å². The molecule has 3 rings (SSSR count). The fraction of sp³-hybridized carbons (Fsp3) is 0.400. The second-order valence-electron chi connectivity index (χ2n) is 5.71. The first-order chi connectivity index (χ1) is 11.4. The zero-order valence-corrected chi connectivity index (χ0v) is 14.1. The number of sulfonamides is 1. The first kappa shape index (κ1) is 16.6. The minimum absolute atomic E-state index is 0.121. The number of likely N-dealkylation sites (tertiary alicyclic amines) is 1. The van der Waals surface area contributed by atoms with E-state index in [1.807, 2.05) is 25.1 Å². The zero-order chi connectivity index (χ0) is 17.3. The number of hydrogen-bond donors (Lipinski definition) is 1. The largest absolute Gasteiger partial charge is 0.337 e. The van der Waals surface area contributed by atoms with Crippen molar-refractivity contribution in [3.05, 3.63) is 41.9 Å². The first-order valence-corrected chi connectivity index (χ1v) is 9.32. The number of nitrogens with zero attached hydrogens (tertiary/aromatic N) is 4. The molecule has 1 saturated heterocycles. The molecule has 2 aromatic heterocycles. The number of carbonyl (C=O) groups excluding carboxylic acids is 1. The van der Waals surface area contributed by atoms with E-state index in [1.54, 1.807) is 10.9 Å². The van der Waals surface area contributed by atoms with Gasteiger partial charge in [-0.3, -0.25) is 4.79 Å². The van der Waals surface area contributed by atoms with E-state index in [-0.39, 0.29) is 12.5 Å². The second kappa shape index (κ2) is 6.33. The zero-order valence-electron chi connectivity index (χ0n) is 13.3. The Balaban J connectivity index is 1.88. The molecule has 2 N–H and O–H groups in total. The highest BCUT2D eigenvalue weighted by Crippen LogP contribution is 2.21. The molecule has 24 heavy (non-hydrogen) atoms. The van der Waals surface area contributed by atoms with E-state index in [0.717, 1.165) is 5.69 Å². The lowest BCUT2D eigenvalue weighted by molar-refractivity contribution is 0.0792. The van der Waals surface area contributed by atoms with E-state index in [1.165, 1.54) is 11.1 Å². The normalized spacial score (nSPS) is 18.1. The summed E-state index contributed by atoms with van der Waals surface area (Å²) in [6.07, 6.45) is 4.14. The number of pyridine rings is 1. The molecule has 0 bridgehead atoms. The van der Waals surface area contributed by atoms with Crippen LogP contribution in [-0.4, -0.2) is 52.3 Å². The monoisotopic (exact) mass is 349 g/mol. The molecule has 8 nitrogen and oxygen atoms in total. The van der Waals surface area contributed by atoms with Gasteiger partial charge in [-0.05, 0) is 25.0 Å². The Kier molecular flexibility index (Phi) is 4.37. The highest BCUT2D eigenvalue weighted by Gasteiger charge is 2.34. The Hall–Kier alpha value is -2.26. The highest BCUT2D eigenvalue weighted by molar-refractivity contribution is 7.89. The molecule has 9 heteroatoms. The molecule has 1 aliphatic rings. The van der Waals surface area contributed by atoms with Gasteiger partial charge in [-0.25, -0.2) is 23.2 Å². The lowest BCUT2D eigenvalue weighted by atomic mass is 10.2. The van der Waals surface area contributed by atoms with Crippen LogP contribution in [0.25, 0.3) is 5.82 Å². The number of rotatable bonds is 4. The summed E-state index contributed by atoms with van der Waals surface area (Å²) in [6.45, 7) is 2.43. The summed E-state index contributed by atoms with van der Waals surface area (Å²) in [7, 11) is -3.63. The third kappa shape index (κ3) is 3.04. The van der Waals surface area contributed by atoms with E-state index >= 15 is 0 Å². The number of nitrogens with two attached hydrogens (primary N) is 1. The molecule has 3 heterocycles. The molecule has 1 unspecified atom stereocenters. The maximum atomic E-state index is 12.8. The van der Waals surface area contributed by atoms with Crippen molar-refractivity contribution in [2.75, 3.05) is 13.1 Å². The fourth-order valence-corrected chi connectivity index (χ4v) is 3.74. The molecule has 0 aliphatic carbocycles. The third-order valence-electron chi connectivity index (χ3n) is 4.20. The Morgan fingerprint density at radius 3 is 2.79 bits per heavy atom. The summed E-state index contributed by atoms with van der Waals surface area (Å²) >= 11 is 0. The Bertz CT molecular complexity index is 847. The molecule has 1 atom stereocenters. The van der Waals surface area contributed by atoms with Crippen molar-refractivity contribution in [3.8, 4) is 5.82 Å². The summed E-state index contributed by atoms with van der Waals surface area (Å²) in [5.74, 6) is 0.414. The molecule has 2 aromatic rings. The van der Waals surface area contributed by atoms with Crippen LogP contribution in [0.1, 0.15) is 29.4 Å². The Morgan fingerprint density at radius 1 is 1.42 bits per heavy atom. The van der Waals surface area contributed by atoms with Gasteiger partial charge in [0.15, 0.2) is 5.82 Å². The lowest BCUT2D eigenvalue weighted by Gasteiger charge is -2.16. The molecule has 0 radical (unpaired) electrons. The van der Waals surface area contributed by atoms with Gasteiger partial charge in [0.05, 0.1) is 22.7 Å². The van der Waals surface area contributed by atoms with Crippen molar-refractivity contribution < 1.29 is 13.2 Å². The molecular formula is C15H19N5O3S. The van der Waals surface area contributed by atoms with Gasteiger partial charge in [0.1, 0.15) is 0 Å². The summed E-state index contributed by atoms with van der Waals surface area (Å²) in [5.41, 5.74) is 1.22. The first-order valence-electron chi connectivity index (χ1n) is 7.71. The van der Waals surface area contributed by atoms with Gasteiger partial charge in [-0.1, -0.05) is 13.0 Å². The summed E-state index contributed by atoms with van der Waals surface area (Å²) < 4.78 is 24.6. The quantitative estimate of drug-likeness (QED) is 0.855. The number of primary sulfonamides is 1. The van der Waals surface area contributed by atoms with Gasteiger partial charge < -0.3 is 4.90 Å². The highest BCUT2D eigenvalue weighted by atomic mass is 32.2. The fourth-order valence-electron chi connectivity index (χ4n) is 2.92. The number of amides is 1. The number of carbonyl (C=O) groups is 1. The van der Waals surface area contributed by atoms with Crippen LogP contribution in [0.5, 0.6) is 0 Å². The van der Waals surface area contributed by atoms with Gasteiger partial charge in [-0.15, -0.1) is 0 Å². The summed E-state index contributed by atoms with van der Waals surface area (Å²) in [6, 6.07) is 5.47. The third-order valence-corrected chi connectivity index (χ3v) is 5.51. The minimum atomic E-state index is -3.63. The average Bonchev–Trinajstić information content (AvgIpc) is 3.21. The van der Waals surface area contributed by atoms with E-state index in [9.17, 15) is 13.2 Å². The van der Waals surface area contributed by atoms with Crippen LogP contribution in [0.4, 0.5) is 0 Å². The van der Waals surface area contributed by atoms with Gasteiger partial charge in [0, 0.05) is 19.3 Å². The van der Waals surface area contributed by atoms with Gasteiger partial charge >= 0.3 is 0 Å². The van der Waals surface area contributed by atoms with Crippen LogP contribution in [-0.2, 0) is 16.4 Å². The molecule has 0 spiro atoms. The molecule has 1 fully saturated rings. The average molecular weight is 349 g/mol. The van der Waals surface area contributed by atoms with Crippen molar-refractivity contribution in [2.24, 2.45) is 5.14 Å². The van der Waals surface area contributed by atoms with Crippen molar-refractivity contribution in [1.82, 2.24) is 19.7 Å². The topological polar surface area (TPSA) is 111 Å². The Labute approximate surface area is 140 Å². The van der Waals surface area contributed by atoms with Crippen LogP contribution in [0.3, 0.4) is 0 Å². The standard InChI is InChI=1S/C15H19N5O3S/c1-2-13-12(9-18-20(13)14-5-3-4-7-17-14)15(21)19-8-6-11(10-19)24(16,22)23/h3-5,7,9,11H,2,6,8,10H2,1H3,(H2,16,22,23). The maximum absolute atomic E-state index is 12.8. The molecule has 1 aliphatic heterocycles. The molecule has 1 amide bonds.